The molecule has 1 amide bonds. The van der Waals surface area contributed by atoms with Crippen molar-refractivity contribution in [3.05, 3.63) is 0 Å². The first-order valence-corrected chi connectivity index (χ1v) is 7.50. The quantitative estimate of drug-likeness (QED) is 0.710. The highest BCUT2D eigenvalue weighted by molar-refractivity contribution is 5.83. The Morgan fingerprint density at radius 1 is 1.11 bits per heavy atom. The molecule has 0 aliphatic heterocycles. The lowest BCUT2D eigenvalue weighted by Gasteiger charge is -2.55. The summed E-state index contributed by atoms with van der Waals surface area (Å²) in [6.07, 6.45) is 7.74. The minimum Gasteiger partial charge on any atom is -1.00 e. The first-order chi connectivity index (χ1) is 8.57. The van der Waals surface area contributed by atoms with E-state index >= 15 is 0 Å². The van der Waals surface area contributed by atoms with Crippen molar-refractivity contribution >= 4 is 5.91 Å². The van der Waals surface area contributed by atoms with Gasteiger partial charge < -0.3 is 22.6 Å². The van der Waals surface area contributed by atoms with Gasteiger partial charge in [-0.15, -0.1) is 0 Å². The predicted molar refractivity (Wildman–Crippen MR) is 72.2 cm³/mol. The van der Waals surface area contributed by atoms with Gasteiger partial charge in [-0.3, -0.25) is 4.79 Å². The van der Waals surface area contributed by atoms with E-state index in [1.807, 2.05) is 0 Å². The molecule has 4 fully saturated rings. The van der Waals surface area contributed by atoms with E-state index in [0.29, 0.717) is 5.91 Å². The van der Waals surface area contributed by atoms with E-state index in [1.54, 1.807) is 0 Å². The highest BCUT2D eigenvalue weighted by atomic mass is 35.5. The van der Waals surface area contributed by atoms with Gasteiger partial charge in [-0.1, -0.05) is 0 Å². The van der Waals surface area contributed by atoms with Crippen molar-refractivity contribution in [2.24, 2.45) is 23.2 Å². The summed E-state index contributed by atoms with van der Waals surface area (Å²) in [5.74, 6) is 2.94. The zero-order chi connectivity index (χ0) is 12.8. The molecule has 0 aromatic heterocycles. The SMILES string of the molecule is CN(C)CCNC(=O)C12CC3CC(CC(C3)C1)C2.[Cl-]. The molecular weight excluding hydrogens is 260 g/mol. The minimum atomic E-state index is 0. The van der Waals surface area contributed by atoms with Gasteiger partial charge in [-0.25, -0.2) is 0 Å². The normalized spacial score (nSPS) is 39.2. The Morgan fingerprint density at radius 2 is 1.58 bits per heavy atom. The number of carbonyl (C=O) groups excluding carboxylic acids is 1. The molecule has 0 atom stereocenters. The second-order valence-electron chi connectivity index (χ2n) is 7.26. The molecule has 19 heavy (non-hydrogen) atoms. The fraction of sp³-hybridized carbons (Fsp3) is 0.933. The smallest absolute Gasteiger partial charge is 0.226 e. The topological polar surface area (TPSA) is 32.3 Å². The third-order valence-electron chi connectivity index (χ3n) is 5.36. The molecular formula is C15H26ClN2O-. The molecule has 0 aromatic carbocycles. The average molecular weight is 286 g/mol. The summed E-state index contributed by atoms with van der Waals surface area (Å²) in [5, 5.41) is 3.19. The Labute approximate surface area is 122 Å². The van der Waals surface area contributed by atoms with Crippen molar-refractivity contribution < 1.29 is 17.2 Å². The molecule has 4 heteroatoms. The molecule has 4 aliphatic carbocycles. The first kappa shape index (κ1) is 15.1. The van der Waals surface area contributed by atoms with Crippen molar-refractivity contribution in [2.75, 3.05) is 27.2 Å². The second kappa shape index (κ2) is 5.61. The van der Waals surface area contributed by atoms with Crippen LogP contribution in [0.2, 0.25) is 0 Å². The van der Waals surface area contributed by atoms with E-state index in [1.165, 1.54) is 38.5 Å². The van der Waals surface area contributed by atoms with Gasteiger partial charge in [0.25, 0.3) is 0 Å². The largest absolute Gasteiger partial charge is 1.00 e. The van der Waals surface area contributed by atoms with Crippen LogP contribution < -0.4 is 17.7 Å². The molecule has 0 saturated heterocycles. The number of hydrogen-bond acceptors (Lipinski definition) is 2. The molecule has 4 saturated carbocycles. The van der Waals surface area contributed by atoms with Gasteiger partial charge in [0, 0.05) is 18.5 Å². The Balaban J connectivity index is 0.00000133. The van der Waals surface area contributed by atoms with E-state index < -0.39 is 0 Å². The molecule has 0 heterocycles. The van der Waals surface area contributed by atoms with Gasteiger partial charge in [0.1, 0.15) is 0 Å². The number of amides is 1. The number of hydrogen-bond donors (Lipinski definition) is 1. The van der Waals surface area contributed by atoms with Gasteiger partial charge in [-0.2, -0.15) is 0 Å². The molecule has 0 radical (unpaired) electrons. The van der Waals surface area contributed by atoms with Crippen LogP contribution in [0.15, 0.2) is 0 Å². The van der Waals surface area contributed by atoms with Crippen molar-refractivity contribution in [2.45, 2.75) is 38.5 Å². The van der Waals surface area contributed by atoms with Crippen LogP contribution in [0, 0.1) is 23.2 Å². The third kappa shape index (κ3) is 2.92. The van der Waals surface area contributed by atoms with Crippen LogP contribution in [-0.2, 0) is 4.79 Å². The Hall–Kier alpha value is -0.280. The van der Waals surface area contributed by atoms with Crippen LogP contribution in [-0.4, -0.2) is 38.0 Å². The fourth-order valence-electron chi connectivity index (χ4n) is 4.97. The highest BCUT2D eigenvalue weighted by Crippen LogP contribution is 2.60. The zero-order valence-corrected chi connectivity index (χ0v) is 12.9. The summed E-state index contributed by atoms with van der Waals surface area (Å²) in [5.41, 5.74) is 0.0288. The van der Waals surface area contributed by atoms with E-state index in [4.69, 9.17) is 0 Å². The number of carbonyl (C=O) groups is 1. The second-order valence-corrected chi connectivity index (χ2v) is 7.26. The van der Waals surface area contributed by atoms with Crippen molar-refractivity contribution in [1.82, 2.24) is 10.2 Å². The lowest BCUT2D eigenvalue weighted by Crippen LogP contribution is -3.00. The zero-order valence-electron chi connectivity index (χ0n) is 12.1. The maximum atomic E-state index is 12.5. The summed E-state index contributed by atoms with van der Waals surface area (Å²) in [7, 11) is 4.10. The van der Waals surface area contributed by atoms with Crippen molar-refractivity contribution in [3.63, 3.8) is 0 Å². The minimum absolute atomic E-state index is 0. The molecule has 4 rings (SSSR count). The van der Waals surface area contributed by atoms with E-state index in [2.05, 4.69) is 24.3 Å². The maximum Gasteiger partial charge on any atom is 0.226 e. The van der Waals surface area contributed by atoms with Gasteiger partial charge in [0.2, 0.25) is 5.91 Å². The highest BCUT2D eigenvalue weighted by Gasteiger charge is 2.54. The van der Waals surface area contributed by atoms with Crippen LogP contribution in [0.5, 0.6) is 0 Å². The number of nitrogens with zero attached hydrogens (tertiary/aromatic N) is 1. The summed E-state index contributed by atoms with van der Waals surface area (Å²) < 4.78 is 0. The molecule has 4 bridgehead atoms. The maximum absolute atomic E-state index is 12.5. The van der Waals surface area contributed by atoms with Crippen LogP contribution in [0.3, 0.4) is 0 Å². The van der Waals surface area contributed by atoms with Crippen LogP contribution in [0.1, 0.15) is 38.5 Å². The van der Waals surface area contributed by atoms with Crippen LogP contribution in [0.4, 0.5) is 0 Å². The summed E-state index contributed by atoms with van der Waals surface area (Å²) in [4.78, 5) is 14.7. The summed E-state index contributed by atoms with van der Waals surface area (Å²) in [6.45, 7) is 1.74. The Morgan fingerprint density at radius 3 is 2.00 bits per heavy atom. The molecule has 0 spiro atoms. The van der Waals surface area contributed by atoms with Crippen molar-refractivity contribution in [1.29, 1.82) is 0 Å². The number of rotatable bonds is 4. The lowest BCUT2D eigenvalue weighted by molar-refractivity contribution is -0.146. The Kier molecular flexibility index (Phi) is 4.46. The average Bonchev–Trinajstić information content (AvgIpc) is 2.26. The van der Waals surface area contributed by atoms with Gasteiger partial charge >= 0.3 is 0 Å². The molecule has 1 N–H and O–H groups in total. The summed E-state index contributed by atoms with van der Waals surface area (Å²) >= 11 is 0. The molecule has 0 unspecified atom stereocenters. The third-order valence-corrected chi connectivity index (χ3v) is 5.36. The van der Waals surface area contributed by atoms with Crippen LogP contribution in [0.25, 0.3) is 0 Å². The van der Waals surface area contributed by atoms with Gasteiger partial charge in [-0.05, 0) is 70.4 Å². The predicted octanol–water partition coefficient (Wildman–Crippen LogP) is -1.12. The number of likely N-dealkylation sites (N-methyl/N-ethyl adjacent to an activating group) is 1. The number of halogens is 1. The molecule has 3 nitrogen and oxygen atoms in total. The van der Waals surface area contributed by atoms with Gasteiger partial charge in [0.05, 0.1) is 0 Å². The van der Waals surface area contributed by atoms with E-state index in [-0.39, 0.29) is 17.8 Å². The molecule has 0 aromatic rings. The number of nitrogens with one attached hydrogen (secondary N) is 1. The van der Waals surface area contributed by atoms with Gasteiger partial charge in [0.15, 0.2) is 0 Å². The van der Waals surface area contributed by atoms with Crippen molar-refractivity contribution in [3.8, 4) is 0 Å². The fourth-order valence-corrected chi connectivity index (χ4v) is 4.97. The molecule has 4 aliphatic rings. The summed E-state index contributed by atoms with van der Waals surface area (Å²) in [6, 6.07) is 0. The van der Waals surface area contributed by atoms with Crippen LogP contribution >= 0.6 is 0 Å². The standard InChI is InChI=1S/C15H26N2O.ClH/c1-17(2)4-3-16-14(18)15-8-11-5-12(9-15)7-13(6-11)10-15;/h11-13H,3-10H2,1-2H3,(H,16,18);1H/p-1. The Bertz CT molecular complexity index is 308. The lowest BCUT2D eigenvalue weighted by atomic mass is 9.49. The molecule has 110 valence electrons. The monoisotopic (exact) mass is 285 g/mol. The first-order valence-electron chi connectivity index (χ1n) is 7.50. The van der Waals surface area contributed by atoms with E-state index in [0.717, 1.165) is 30.8 Å². The van der Waals surface area contributed by atoms with E-state index in [9.17, 15) is 4.79 Å².